The van der Waals surface area contributed by atoms with Crippen LogP contribution in [0.25, 0.3) is 6.08 Å². The van der Waals surface area contributed by atoms with Gasteiger partial charge in [0.15, 0.2) is 5.11 Å². The van der Waals surface area contributed by atoms with Crippen LogP contribution >= 0.6 is 12.2 Å². The van der Waals surface area contributed by atoms with Crippen molar-refractivity contribution in [2.45, 2.75) is 51.5 Å². The lowest BCUT2D eigenvalue weighted by atomic mass is 9.94. The van der Waals surface area contributed by atoms with E-state index in [0.29, 0.717) is 10.8 Å². The van der Waals surface area contributed by atoms with E-state index < -0.39 is 0 Å². The number of likely N-dealkylation sites (N-methyl/N-ethyl adjacent to an activating group) is 1. The maximum Gasteiger partial charge on any atom is 0.277 e. The summed E-state index contributed by atoms with van der Waals surface area (Å²) in [5.41, 5.74) is 3.04. The van der Waals surface area contributed by atoms with Crippen molar-refractivity contribution in [2.24, 2.45) is 0 Å². The maximum absolute atomic E-state index is 12.9. The number of nitrogens with zero attached hydrogens (tertiary/aromatic N) is 2. The molecule has 0 unspecified atom stereocenters. The van der Waals surface area contributed by atoms with Crippen LogP contribution in [0.1, 0.15) is 50.2 Å². The molecule has 23 heavy (non-hydrogen) atoms. The molecule has 1 heterocycles. The lowest BCUT2D eigenvalue weighted by Gasteiger charge is -2.30. The largest absolute Gasteiger partial charge is 0.317 e. The Labute approximate surface area is 144 Å². The molecular formula is C19H24N2OS. The van der Waals surface area contributed by atoms with Gasteiger partial charge in [-0.15, -0.1) is 0 Å². The average Bonchev–Trinajstić information content (AvgIpc) is 2.80. The molecule has 2 aliphatic rings. The summed E-state index contributed by atoms with van der Waals surface area (Å²) in [6.07, 6.45) is 8.77. The molecule has 3 rings (SSSR count). The molecule has 0 aromatic heterocycles. The van der Waals surface area contributed by atoms with E-state index in [0.717, 1.165) is 24.8 Å². The summed E-state index contributed by atoms with van der Waals surface area (Å²) in [4.78, 5) is 16.6. The SMILES string of the molecule is CCc1ccc(/C=C2/C(=O)N(C3CCCCC3)C(=S)N2C)cc1. The molecule has 1 saturated carbocycles. The molecule has 0 bridgehead atoms. The Morgan fingerprint density at radius 2 is 1.83 bits per heavy atom. The molecule has 3 nitrogen and oxygen atoms in total. The van der Waals surface area contributed by atoms with E-state index in [4.69, 9.17) is 12.2 Å². The van der Waals surface area contributed by atoms with Crippen molar-refractivity contribution in [1.82, 2.24) is 9.80 Å². The quantitative estimate of drug-likeness (QED) is 0.619. The van der Waals surface area contributed by atoms with Gasteiger partial charge in [-0.1, -0.05) is 50.5 Å². The first kappa shape index (κ1) is 16.2. The van der Waals surface area contributed by atoms with E-state index >= 15 is 0 Å². The second-order valence-electron chi connectivity index (χ2n) is 6.43. The van der Waals surface area contributed by atoms with Gasteiger partial charge in [0.05, 0.1) is 0 Å². The fourth-order valence-corrected chi connectivity index (χ4v) is 3.78. The second kappa shape index (κ2) is 6.83. The van der Waals surface area contributed by atoms with Gasteiger partial charge < -0.3 is 4.90 Å². The molecule has 1 aliphatic heterocycles. The highest BCUT2D eigenvalue weighted by molar-refractivity contribution is 7.80. The summed E-state index contributed by atoms with van der Waals surface area (Å²) in [6.45, 7) is 2.14. The standard InChI is InChI=1S/C19H24N2OS/c1-3-14-9-11-15(12-10-14)13-17-18(22)21(19(23)20(17)2)16-7-5-4-6-8-16/h9-13,16H,3-8H2,1-2H3/b17-13-. The number of carbonyl (C=O) groups is 1. The summed E-state index contributed by atoms with van der Waals surface area (Å²) in [5.74, 6) is 0.0592. The number of hydrogen-bond acceptors (Lipinski definition) is 2. The molecule has 1 aliphatic carbocycles. The fourth-order valence-electron chi connectivity index (χ4n) is 3.45. The predicted molar refractivity (Wildman–Crippen MR) is 97.9 cm³/mol. The molecule has 0 spiro atoms. The highest BCUT2D eigenvalue weighted by Crippen LogP contribution is 2.30. The number of thiocarbonyl (C=S) groups is 1. The van der Waals surface area contributed by atoms with Crippen molar-refractivity contribution in [3.8, 4) is 0 Å². The molecule has 1 saturated heterocycles. The van der Waals surface area contributed by atoms with Gasteiger partial charge in [-0.25, -0.2) is 0 Å². The molecule has 4 heteroatoms. The Kier molecular flexibility index (Phi) is 4.81. The van der Waals surface area contributed by atoms with Crippen LogP contribution < -0.4 is 0 Å². The zero-order valence-electron chi connectivity index (χ0n) is 13.9. The first-order chi connectivity index (χ1) is 11.1. The van der Waals surface area contributed by atoms with Gasteiger partial charge in [0.1, 0.15) is 5.70 Å². The van der Waals surface area contributed by atoms with Gasteiger partial charge in [-0.3, -0.25) is 9.69 Å². The van der Waals surface area contributed by atoms with E-state index in [9.17, 15) is 4.79 Å². The number of rotatable bonds is 3. The minimum absolute atomic E-state index is 0.0592. The van der Waals surface area contributed by atoms with Crippen molar-refractivity contribution in [3.05, 3.63) is 41.1 Å². The minimum atomic E-state index is 0.0592. The Morgan fingerprint density at radius 1 is 1.17 bits per heavy atom. The van der Waals surface area contributed by atoms with Crippen LogP contribution in [-0.2, 0) is 11.2 Å². The smallest absolute Gasteiger partial charge is 0.277 e. The summed E-state index contributed by atoms with van der Waals surface area (Å²) in [7, 11) is 1.90. The Morgan fingerprint density at radius 3 is 2.43 bits per heavy atom. The van der Waals surface area contributed by atoms with Crippen molar-refractivity contribution in [2.75, 3.05) is 7.05 Å². The van der Waals surface area contributed by atoms with Gasteiger partial charge in [-0.05, 0) is 48.7 Å². The highest BCUT2D eigenvalue weighted by Gasteiger charge is 2.40. The zero-order chi connectivity index (χ0) is 16.4. The number of benzene rings is 1. The van der Waals surface area contributed by atoms with Gasteiger partial charge >= 0.3 is 0 Å². The minimum Gasteiger partial charge on any atom is -0.317 e. The van der Waals surface area contributed by atoms with Gasteiger partial charge in [-0.2, -0.15) is 0 Å². The van der Waals surface area contributed by atoms with Gasteiger partial charge in [0.25, 0.3) is 5.91 Å². The number of hydrogen-bond donors (Lipinski definition) is 0. The molecule has 1 aromatic carbocycles. The Hall–Kier alpha value is -1.68. The topological polar surface area (TPSA) is 23.6 Å². The van der Waals surface area contributed by atoms with Crippen molar-refractivity contribution < 1.29 is 4.79 Å². The summed E-state index contributed by atoms with van der Waals surface area (Å²) < 4.78 is 0. The van der Waals surface area contributed by atoms with E-state index in [1.54, 1.807) is 0 Å². The van der Waals surface area contributed by atoms with Crippen LogP contribution in [0, 0.1) is 0 Å². The second-order valence-corrected chi connectivity index (χ2v) is 6.80. The van der Waals surface area contributed by atoms with Crippen LogP contribution in [-0.4, -0.2) is 33.9 Å². The molecule has 0 atom stereocenters. The third kappa shape index (κ3) is 3.18. The number of carbonyl (C=O) groups excluding carboxylic acids is 1. The van der Waals surface area contributed by atoms with E-state index in [1.165, 1.54) is 24.8 Å². The van der Waals surface area contributed by atoms with Crippen molar-refractivity contribution in [1.29, 1.82) is 0 Å². The molecule has 2 fully saturated rings. The van der Waals surface area contributed by atoms with Crippen molar-refractivity contribution in [3.63, 3.8) is 0 Å². The van der Waals surface area contributed by atoms with Gasteiger partial charge in [0.2, 0.25) is 0 Å². The summed E-state index contributed by atoms with van der Waals surface area (Å²) in [5, 5.41) is 0.651. The number of amides is 1. The van der Waals surface area contributed by atoms with Crippen LogP contribution in [0.5, 0.6) is 0 Å². The highest BCUT2D eigenvalue weighted by atomic mass is 32.1. The first-order valence-corrected chi connectivity index (χ1v) is 8.94. The maximum atomic E-state index is 12.9. The predicted octanol–water partition coefficient (Wildman–Crippen LogP) is 3.98. The molecule has 122 valence electrons. The van der Waals surface area contributed by atoms with Crippen LogP contribution in [0.2, 0.25) is 0 Å². The third-order valence-electron chi connectivity index (χ3n) is 4.92. The normalized spacial score (nSPS) is 21.6. The Bertz CT molecular complexity index is 629. The van der Waals surface area contributed by atoms with Crippen LogP contribution in [0.15, 0.2) is 30.0 Å². The molecule has 1 aromatic rings. The number of aryl methyl sites for hydroxylation is 1. The average molecular weight is 328 g/mol. The van der Waals surface area contributed by atoms with Crippen LogP contribution in [0.4, 0.5) is 0 Å². The zero-order valence-corrected chi connectivity index (χ0v) is 14.7. The third-order valence-corrected chi connectivity index (χ3v) is 5.39. The van der Waals surface area contributed by atoms with Gasteiger partial charge in [0, 0.05) is 13.1 Å². The lowest BCUT2D eigenvalue weighted by molar-refractivity contribution is -0.124. The van der Waals surface area contributed by atoms with Crippen LogP contribution in [0.3, 0.4) is 0 Å². The monoisotopic (exact) mass is 328 g/mol. The molecule has 0 radical (unpaired) electrons. The molecular weight excluding hydrogens is 304 g/mol. The fraction of sp³-hybridized carbons (Fsp3) is 0.474. The lowest BCUT2D eigenvalue weighted by Crippen LogP contribution is -2.41. The first-order valence-electron chi connectivity index (χ1n) is 8.53. The molecule has 0 N–H and O–H groups in total. The summed E-state index contributed by atoms with van der Waals surface area (Å²) >= 11 is 5.54. The van der Waals surface area contributed by atoms with E-state index in [-0.39, 0.29) is 11.9 Å². The Balaban J connectivity index is 1.85. The van der Waals surface area contributed by atoms with E-state index in [1.807, 2.05) is 22.9 Å². The summed E-state index contributed by atoms with van der Waals surface area (Å²) in [6, 6.07) is 8.64. The van der Waals surface area contributed by atoms with E-state index in [2.05, 4.69) is 31.2 Å². The van der Waals surface area contributed by atoms with Crippen molar-refractivity contribution >= 4 is 29.3 Å². The molecule has 1 amide bonds.